The predicted molar refractivity (Wildman–Crippen MR) is 107 cm³/mol. The summed E-state index contributed by atoms with van der Waals surface area (Å²) < 4.78 is 5.29. The molecular formula is C21H23N5O2. The van der Waals surface area contributed by atoms with Crippen LogP contribution in [-0.4, -0.2) is 54.0 Å². The summed E-state index contributed by atoms with van der Waals surface area (Å²) in [4.78, 5) is 26.5. The van der Waals surface area contributed by atoms with Crippen LogP contribution < -0.4 is 10.2 Å². The molecule has 28 heavy (non-hydrogen) atoms. The Morgan fingerprint density at radius 3 is 2.61 bits per heavy atom. The molecular weight excluding hydrogens is 354 g/mol. The number of nitrogens with one attached hydrogen (secondary N) is 1. The van der Waals surface area contributed by atoms with Gasteiger partial charge in [0.25, 0.3) is 5.91 Å². The SMILES string of the molecule is CN1CCN(c2nc(-c3ccccc3)ncc2C(=O)NCc2ccco2)CC1. The second-order valence-electron chi connectivity index (χ2n) is 6.85. The maximum absolute atomic E-state index is 12.8. The van der Waals surface area contributed by atoms with Gasteiger partial charge in [-0.25, -0.2) is 9.97 Å². The van der Waals surface area contributed by atoms with E-state index in [1.807, 2.05) is 36.4 Å². The second kappa shape index (κ2) is 8.22. The average Bonchev–Trinajstić information content (AvgIpc) is 3.26. The van der Waals surface area contributed by atoms with Gasteiger partial charge in [-0.2, -0.15) is 0 Å². The zero-order valence-corrected chi connectivity index (χ0v) is 15.8. The Labute approximate surface area is 164 Å². The van der Waals surface area contributed by atoms with Gasteiger partial charge in [-0.3, -0.25) is 4.79 Å². The second-order valence-corrected chi connectivity index (χ2v) is 6.85. The van der Waals surface area contributed by atoms with Crippen LogP contribution in [0.15, 0.2) is 59.3 Å². The Bertz CT molecular complexity index is 919. The van der Waals surface area contributed by atoms with E-state index in [9.17, 15) is 4.79 Å². The molecule has 3 heterocycles. The molecule has 1 N–H and O–H groups in total. The van der Waals surface area contributed by atoms with Crippen molar-refractivity contribution in [3.05, 3.63) is 66.2 Å². The lowest BCUT2D eigenvalue weighted by atomic mass is 10.2. The number of benzene rings is 1. The van der Waals surface area contributed by atoms with Crippen LogP contribution in [0.4, 0.5) is 5.82 Å². The van der Waals surface area contributed by atoms with Gasteiger partial charge in [0.05, 0.1) is 12.8 Å². The highest BCUT2D eigenvalue weighted by atomic mass is 16.3. The summed E-state index contributed by atoms with van der Waals surface area (Å²) in [6.07, 6.45) is 3.22. The van der Waals surface area contributed by atoms with Crippen molar-refractivity contribution in [1.29, 1.82) is 0 Å². The number of piperazine rings is 1. The molecule has 1 saturated heterocycles. The third-order valence-electron chi connectivity index (χ3n) is 4.85. The Balaban J connectivity index is 1.63. The number of carbonyl (C=O) groups excluding carboxylic acids is 1. The van der Waals surface area contributed by atoms with Crippen molar-refractivity contribution in [2.45, 2.75) is 6.54 Å². The molecule has 0 saturated carbocycles. The number of nitrogens with zero attached hydrogens (tertiary/aromatic N) is 4. The molecule has 3 aromatic rings. The van der Waals surface area contributed by atoms with Crippen LogP contribution in [0.1, 0.15) is 16.1 Å². The van der Waals surface area contributed by atoms with E-state index in [0.717, 1.165) is 31.7 Å². The van der Waals surface area contributed by atoms with Gasteiger partial charge < -0.3 is 19.5 Å². The van der Waals surface area contributed by atoms with Crippen LogP contribution in [0.2, 0.25) is 0 Å². The van der Waals surface area contributed by atoms with E-state index >= 15 is 0 Å². The number of likely N-dealkylation sites (N-methyl/N-ethyl adjacent to an activating group) is 1. The number of hydrogen-bond acceptors (Lipinski definition) is 6. The molecule has 0 spiro atoms. The highest BCUT2D eigenvalue weighted by molar-refractivity contribution is 5.98. The first-order valence-corrected chi connectivity index (χ1v) is 9.37. The molecule has 0 atom stereocenters. The summed E-state index contributed by atoms with van der Waals surface area (Å²) in [6, 6.07) is 13.4. The van der Waals surface area contributed by atoms with E-state index in [2.05, 4.69) is 27.1 Å². The first kappa shape index (κ1) is 18.2. The largest absolute Gasteiger partial charge is 0.467 e. The van der Waals surface area contributed by atoms with E-state index in [1.54, 1.807) is 18.5 Å². The van der Waals surface area contributed by atoms with E-state index < -0.39 is 0 Å². The molecule has 1 amide bonds. The molecule has 7 nitrogen and oxygen atoms in total. The monoisotopic (exact) mass is 377 g/mol. The first-order valence-electron chi connectivity index (χ1n) is 9.37. The third kappa shape index (κ3) is 4.04. The molecule has 1 aliphatic heterocycles. The van der Waals surface area contributed by atoms with Gasteiger partial charge in [0.2, 0.25) is 0 Å². The van der Waals surface area contributed by atoms with E-state index in [0.29, 0.717) is 29.5 Å². The van der Waals surface area contributed by atoms with Crippen molar-refractivity contribution in [2.24, 2.45) is 0 Å². The fourth-order valence-electron chi connectivity index (χ4n) is 3.19. The van der Waals surface area contributed by atoms with Crippen LogP contribution in [-0.2, 0) is 6.54 Å². The molecule has 0 aliphatic carbocycles. The summed E-state index contributed by atoms with van der Waals surface area (Å²) in [7, 11) is 2.10. The number of anilines is 1. The highest BCUT2D eigenvalue weighted by Gasteiger charge is 2.23. The molecule has 144 valence electrons. The van der Waals surface area contributed by atoms with Crippen molar-refractivity contribution >= 4 is 11.7 Å². The number of amides is 1. The van der Waals surface area contributed by atoms with Crippen LogP contribution in [0.5, 0.6) is 0 Å². The average molecular weight is 377 g/mol. The Morgan fingerprint density at radius 2 is 1.89 bits per heavy atom. The Hall–Kier alpha value is -3.19. The maximum atomic E-state index is 12.8. The van der Waals surface area contributed by atoms with Crippen molar-refractivity contribution in [1.82, 2.24) is 20.2 Å². The quantitative estimate of drug-likeness (QED) is 0.736. The summed E-state index contributed by atoms with van der Waals surface area (Å²) in [5, 5.41) is 2.90. The van der Waals surface area contributed by atoms with Gasteiger partial charge in [0.15, 0.2) is 5.82 Å². The van der Waals surface area contributed by atoms with Crippen LogP contribution >= 0.6 is 0 Å². The van der Waals surface area contributed by atoms with Crippen molar-refractivity contribution in [2.75, 3.05) is 38.1 Å². The van der Waals surface area contributed by atoms with Crippen molar-refractivity contribution in [3.8, 4) is 11.4 Å². The molecule has 2 aromatic heterocycles. The van der Waals surface area contributed by atoms with E-state index in [4.69, 9.17) is 9.40 Å². The molecule has 0 bridgehead atoms. The van der Waals surface area contributed by atoms with Crippen LogP contribution in [0.25, 0.3) is 11.4 Å². The van der Waals surface area contributed by atoms with Gasteiger partial charge in [0, 0.05) is 37.9 Å². The minimum atomic E-state index is -0.204. The smallest absolute Gasteiger partial charge is 0.256 e. The molecule has 1 aromatic carbocycles. The van der Waals surface area contributed by atoms with E-state index in [-0.39, 0.29) is 5.91 Å². The number of carbonyl (C=O) groups is 1. The molecule has 1 aliphatic rings. The first-order chi connectivity index (χ1) is 13.7. The van der Waals surface area contributed by atoms with Crippen LogP contribution in [0.3, 0.4) is 0 Å². The van der Waals surface area contributed by atoms with Crippen molar-refractivity contribution < 1.29 is 9.21 Å². The highest BCUT2D eigenvalue weighted by Crippen LogP contribution is 2.23. The summed E-state index contributed by atoms with van der Waals surface area (Å²) in [5.74, 6) is 1.80. The molecule has 0 unspecified atom stereocenters. The fourth-order valence-corrected chi connectivity index (χ4v) is 3.19. The lowest BCUT2D eigenvalue weighted by Gasteiger charge is -2.34. The lowest BCUT2D eigenvalue weighted by molar-refractivity contribution is 0.0947. The number of aromatic nitrogens is 2. The minimum absolute atomic E-state index is 0.204. The third-order valence-corrected chi connectivity index (χ3v) is 4.85. The van der Waals surface area contributed by atoms with Crippen LogP contribution in [0, 0.1) is 0 Å². The fraction of sp³-hybridized carbons (Fsp3) is 0.286. The molecule has 7 heteroatoms. The standard InChI is InChI=1S/C21H23N5O2/c1-25-9-11-26(12-10-25)20-18(21(27)23-14-17-8-5-13-28-17)15-22-19(24-20)16-6-3-2-4-7-16/h2-8,13,15H,9-12,14H2,1H3,(H,23,27). The summed E-state index contributed by atoms with van der Waals surface area (Å²) in [6.45, 7) is 3.82. The minimum Gasteiger partial charge on any atom is -0.467 e. The maximum Gasteiger partial charge on any atom is 0.256 e. The van der Waals surface area contributed by atoms with Gasteiger partial charge in [0.1, 0.15) is 17.1 Å². The normalized spacial score (nSPS) is 14.8. The predicted octanol–water partition coefficient (Wildman–Crippen LogP) is 2.42. The zero-order valence-electron chi connectivity index (χ0n) is 15.8. The van der Waals surface area contributed by atoms with Crippen molar-refractivity contribution in [3.63, 3.8) is 0 Å². The summed E-state index contributed by atoms with van der Waals surface area (Å²) in [5.41, 5.74) is 1.41. The number of hydrogen-bond donors (Lipinski definition) is 1. The molecule has 0 radical (unpaired) electrons. The zero-order chi connectivity index (χ0) is 19.3. The number of rotatable bonds is 5. The molecule has 1 fully saturated rings. The summed E-state index contributed by atoms with van der Waals surface area (Å²) >= 11 is 0. The topological polar surface area (TPSA) is 74.5 Å². The van der Waals surface area contributed by atoms with Gasteiger partial charge in [-0.1, -0.05) is 30.3 Å². The Morgan fingerprint density at radius 1 is 1.11 bits per heavy atom. The van der Waals surface area contributed by atoms with Gasteiger partial charge in [-0.15, -0.1) is 0 Å². The van der Waals surface area contributed by atoms with E-state index in [1.165, 1.54) is 0 Å². The number of furan rings is 1. The molecule has 4 rings (SSSR count). The van der Waals surface area contributed by atoms with Gasteiger partial charge >= 0.3 is 0 Å². The lowest BCUT2D eigenvalue weighted by Crippen LogP contribution is -2.45. The Kier molecular flexibility index (Phi) is 5.34. The van der Waals surface area contributed by atoms with Gasteiger partial charge in [-0.05, 0) is 19.2 Å².